The lowest BCUT2D eigenvalue weighted by Gasteiger charge is -2.43. The first kappa shape index (κ1) is 17.3. The Morgan fingerprint density at radius 3 is 2.81 bits per heavy atom. The van der Waals surface area contributed by atoms with E-state index in [-0.39, 0.29) is 42.0 Å². The number of nitrogens with zero attached hydrogens (tertiary/aromatic N) is 2. The summed E-state index contributed by atoms with van der Waals surface area (Å²) < 4.78 is 29.7. The van der Waals surface area contributed by atoms with Crippen LogP contribution in [0.3, 0.4) is 0 Å². The maximum Gasteiger partial charge on any atom is 0.262 e. The molecule has 3 aliphatic rings. The number of carbonyl (C=O) groups is 2. The van der Waals surface area contributed by atoms with Crippen LogP contribution in [0.4, 0.5) is 5.69 Å². The van der Waals surface area contributed by atoms with Crippen molar-refractivity contribution in [3.8, 4) is 5.75 Å². The van der Waals surface area contributed by atoms with E-state index in [1.165, 1.54) is 0 Å². The molecule has 2 atom stereocenters. The van der Waals surface area contributed by atoms with Crippen molar-refractivity contribution in [2.24, 2.45) is 0 Å². The smallest absolute Gasteiger partial charge is 0.262 e. The first-order valence-corrected chi connectivity index (χ1v) is 10.5. The zero-order chi connectivity index (χ0) is 18.5. The Hall–Kier alpha value is -2.13. The van der Waals surface area contributed by atoms with Gasteiger partial charge in [0.05, 0.1) is 23.2 Å². The van der Waals surface area contributed by atoms with E-state index >= 15 is 0 Å². The van der Waals surface area contributed by atoms with Crippen molar-refractivity contribution in [2.45, 2.75) is 19.0 Å². The Labute approximate surface area is 152 Å². The number of hydrogen-bond acceptors (Lipinski definition) is 6. The summed E-state index contributed by atoms with van der Waals surface area (Å²) in [5.74, 6) is 0.145. The minimum absolute atomic E-state index is 0.0113. The molecule has 0 aliphatic carbocycles. The summed E-state index contributed by atoms with van der Waals surface area (Å²) in [5.41, 5.74) is 0.975. The van der Waals surface area contributed by atoms with E-state index in [4.69, 9.17) is 4.74 Å². The second-order valence-electron chi connectivity index (χ2n) is 6.89. The number of likely N-dealkylation sites (N-methyl/N-ethyl adjacent to an activating group) is 1. The van der Waals surface area contributed by atoms with Crippen LogP contribution in [-0.4, -0.2) is 79.9 Å². The predicted molar refractivity (Wildman–Crippen MR) is 95.1 cm³/mol. The van der Waals surface area contributed by atoms with Crippen molar-refractivity contribution >= 4 is 27.3 Å². The second-order valence-corrected chi connectivity index (χ2v) is 9.04. The molecule has 1 aromatic rings. The fourth-order valence-electron chi connectivity index (χ4n) is 4.04. The number of amides is 2. The molecule has 26 heavy (non-hydrogen) atoms. The van der Waals surface area contributed by atoms with Crippen molar-refractivity contribution in [2.75, 3.05) is 43.1 Å². The lowest BCUT2D eigenvalue weighted by molar-refractivity contribution is -0.118. The topological polar surface area (TPSA) is 96.0 Å². The van der Waals surface area contributed by atoms with Gasteiger partial charge < -0.3 is 15.0 Å². The summed E-state index contributed by atoms with van der Waals surface area (Å²) in [6, 6.07) is 4.43. The van der Waals surface area contributed by atoms with Gasteiger partial charge in [-0.1, -0.05) is 6.92 Å². The molecular formula is C17H21N3O5S. The van der Waals surface area contributed by atoms with E-state index in [0.29, 0.717) is 30.1 Å². The van der Waals surface area contributed by atoms with Gasteiger partial charge in [-0.15, -0.1) is 0 Å². The van der Waals surface area contributed by atoms with Crippen LogP contribution >= 0.6 is 0 Å². The van der Waals surface area contributed by atoms with Gasteiger partial charge in [0.15, 0.2) is 16.4 Å². The summed E-state index contributed by atoms with van der Waals surface area (Å²) >= 11 is 0. The SMILES string of the molecule is CCN1CCN(C(=O)c2ccc3c(c2)OCC(=O)N3)[C@H]2CS(=O)(=O)C[C@H]21. The summed E-state index contributed by atoms with van der Waals surface area (Å²) in [4.78, 5) is 28.3. The molecule has 1 aromatic carbocycles. The zero-order valence-electron chi connectivity index (χ0n) is 14.5. The third-order valence-electron chi connectivity index (χ3n) is 5.32. The van der Waals surface area contributed by atoms with E-state index in [1.807, 2.05) is 6.92 Å². The van der Waals surface area contributed by atoms with Crippen LogP contribution in [0.1, 0.15) is 17.3 Å². The number of nitrogens with one attached hydrogen (secondary N) is 1. The van der Waals surface area contributed by atoms with Crippen molar-refractivity contribution < 1.29 is 22.7 Å². The highest BCUT2D eigenvalue weighted by atomic mass is 32.2. The minimum Gasteiger partial charge on any atom is -0.482 e. The number of carbonyl (C=O) groups excluding carboxylic acids is 2. The number of benzene rings is 1. The summed E-state index contributed by atoms with van der Waals surface area (Å²) in [5, 5.41) is 2.69. The maximum absolute atomic E-state index is 13.1. The summed E-state index contributed by atoms with van der Waals surface area (Å²) in [6.45, 7) is 3.86. The van der Waals surface area contributed by atoms with Crippen LogP contribution in [-0.2, 0) is 14.6 Å². The number of rotatable bonds is 2. The van der Waals surface area contributed by atoms with Gasteiger partial charge in [0.25, 0.3) is 11.8 Å². The first-order valence-electron chi connectivity index (χ1n) is 8.70. The van der Waals surface area contributed by atoms with E-state index < -0.39 is 9.84 Å². The molecule has 2 fully saturated rings. The van der Waals surface area contributed by atoms with Gasteiger partial charge in [-0.25, -0.2) is 8.42 Å². The van der Waals surface area contributed by atoms with Crippen molar-refractivity contribution in [3.63, 3.8) is 0 Å². The van der Waals surface area contributed by atoms with Crippen molar-refractivity contribution in [1.82, 2.24) is 9.80 Å². The molecule has 0 bridgehead atoms. The molecule has 0 spiro atoms. The molecule has 8 nitrogen and oxygen atoms in total. The number of hydrogen-bond donors (Lipinski definition) is 1. The molecule has 3 aliphatic heterocycles. The number of anilines is 1. The van der Waals surface area contributed by atoms with E-state index in [1.54, 1.807) is 23.1 Å². The first-order chi connectivity index (χ1) is 12.4. The molecule has 0 aromatic heterocycles. The fourth-order valence-corrected chi connectivity index (χ4v) is 6.05. The third kappa shape index (κ3) is 2.95. The molecule has 9 heteroatoms. The largest absolute Gasteiger partial charge is 0.482 e. The molecule has 0 radical (unpaired) electrons. The van der Waals surface area contributed by atoms with Crippen LogP contribution in [0, 0.1) is 0 Å². The Balaban J connectivity index is 1.61. The normalized spacial score (nSPS) is 27.3. The minimum atomic E-state index is -3.15. The summed E-state index contributed by atoms with van der Waals surface area (Å²) in [6.07, 6.45) is 0. The highest BCUT2D eigenvalue weighted by molar-refractivity contribution is 7.91. The summed E-state index contributed by atoms with van der Waals surface area (Å²) in [7, 11) is -3.15. The third-order valence-corrected chi connectivity index (χ3v) is 7.02. The quantitative estimate of drug-likeness (QED) is 0.775. The monoisotopic (exact) mass is 379 g/mol. The molecule has 1 N–H and O–H groups in total. The number of ether oxygens (including phenoxy) is 1. The highest BCUT2D eigenvalue weighted by Crippen LogP contribution is 2.31. The number of sulfone groups is 1. The average Bonchev–Trinajstić information content (AvgIpc) is 2.94. The molecule has 0 unspecified atom stereocenters. The zero-order valence-corrected chi connectivity index (χ0v) is 15.3. The molecular weight excluding hydrogens is 358 g/mol. The van der Waals surface area contributed by atoms with Gasteiger partial charge >= 0.3 is 0 Å². The number of piperazine rings is 1. The van der Waals surface area contributed by atoms with E-state index in [9.17, 15) is 18.0 Å². The predicted octanol–water partition coefficient (Wildman–Crippen LogP) is -0.0392. The molecule has 140 valence electrons. The lowest BCUT2D eigenvalue weighted by Crippen LogP contribution is -2.60. The van der Waals surface area contributed by atoms with Crippen LogP contribution in [0.25, 0.3) is 0 Å². The number of fused-ring (bicyclic) bond motifs is 2. The standard InChI is InChI=1S/C17H21N3O5S/c1-2-19-5-6-20(14-10-26(23,24)9-13(14)19)17(22)11-3-4-12-15(7-11)25-8-16(21)18-12/h3-4,7,13-14H,2,5-6,8-10H2,1H3,(H,18,21)/t13-,14+/m1/s1. The van der Waals surface area contributed by atoms with Gasteiger partial charge in [0.2, 0.25) is 0 Å². The van der Waals surface area contributed by atoms with Gasteiger partial charge in [0.1, 0.15) is 5.75 Å². The lowest BCUT2D eigenvalue weighted by atomic mass is 10.0. The van der Waals surface area contributed by atoms with Gasteiger partial charge in [-0.05, 0) is 24.7 Å². The Bertz CT molecular complexity index is 869. The van der Waals surface area contributed by atoms with Crippen LogP contribution in [0.15, 0.2) is 18.2 Å². The van der Waals surface area contributed by atoms with E-state index in [0.717, 1.165) is 6.54 Å². The van der Waals surface area contributed by atoms with Crippen LogP contribution < -0.4 is 10.1 Å². The highest BCUT2D eigenvalue weighted by Gasteiger charge is 2.47. The molecule has 2 amide bonds. The Morgan fingerprint density at radius 2 is 2.04 bits per heavy atom. The molecule has 0 saturated carbocycles. The Kier molecular flexibility index (Phi) is 4.15. The van der Waals surface area contributed by atoms with Crippen molar-refractivity contribution in [1.29, 1.82) is 0 Å². The second kappa shape index (κ2) is 6.24. The van der Waals surface area contributed by atoms with Crippen molar-refractivity contribution in [3.05, 3.63) is 23.8 Å². The van der Waals surface area contributed by atoms with Gasteiger partial charge in [-0.2, -0.15) is 0 Å². The molecule has 4 rings (SSSR count). The van der Waals surface area contributed by atoms with Gasteiger partial charge in [-0.3, -0.25) is 14.5 Å². The van der Waals surface area contributed by atoms with Crippen LogP contribution in [0.2, 0.25) is 0 Å². The maximum atomic E-state index is 13.1. The van der Waals surface area contributed by atoms with E-state index in [2.05, 4.69) is 10.2 Å². The Morgan fingerprint density at radius 1 is 1.27 bits per heavy atom. The molecule has 3 heterocycles. The molecule has 2 saturated heterocycles. The van der Waals surface area contributed by atoms with Crippen LogP contribution in [0.5, 0.6) is 5.75 Å². The fraction of sp³-hybridized carbons (Fsp3) is 0.529. The average molecular weight is 379 g/mol. The van der Waals surface area contributed by atoms with Gasteiger partial charge in [0, 0.05) is 24.7 Å².